The summed E-state index contributed by atoms with van der Waals surface area (Å²) in [4.78, 5) is 16.0. The van der Waals surface area contributed by atoms with Crippen molar-refractivity contribution in [2.45, 2.75) is 19.5 Å². The molecule has 140 valence electrons. The summed E-state index contributed by atoms with van der Waals surface area (Å²) in [6, 6.07) is 28.4. The van der Waals surface area contributed by atoms with Gasteiger partial charge < -0.3 is 4.98 Å². The van der Waals surface area contributed by atoms with Crippen LogP contribution in [0.2, 0.25) is 0 Å². The van der Waals surface area contributed by atoms with Crippen molar-refractivity contribution in [3.63, 3.8) is 0 Å². The zero-order chi connectivity index (χ0) is 19.2. The zero-order valence-electron chi connectivity index (χ0n) is 15.6. The number of hydrogen-bond acceptors (Lipinski definition) is 2. The highest BCUT2D eigenvalue weighted by molar-refractivity contribution is 5.88. The van der Waals surface area contributed by atoms with Gasteiger partial charge in [0.15, 0.2) is 0 Å². The first-order valence-corrected chi connectivity index (χ1v) is 9.45. The summed E-state index contributed by atoms with van der Waals surface area (Å²) < 4.78 is 0. The zero-order valence-corrected chi connectivity index (χ0v) is 15.6. The van der Waals surface area contributed by atoms with Gasteiger partial charge in [0.25, 0.3) is 0 Å². The SMILES string of the molecule is O=C(Cc1c[nH]c2ccccc12)NN(Cc1ccccc1)Cc1ccccc1. The maximum atomic E-state index is 12.8. The molecule has 28 heavy (non-hydrogen) atoms. The summed E-state index contributed by atoms with van der Waals surface area (Å²) in [5, 5.41) is 3.07. The number of aromatic nitrogens is 1. The van der Waals surface area contributed by atoms with Crippen LogP contribution in [0.25, 0.3) is 10.9 Å². The number of amides is 1. The molecular weight excluding hydrogens is 346 g/mol. The number of hydrogen-bond donors (Lipinski definition) is 2. The third-order valence-corrected chi connectivity index (χ3v) is 4.74. The van der Waals surface area contributed by atoms with Crippen molar-refractivity contribution in [3.05, 3.63) is 108 Å². The van der Waals surface area contributed by atoms with Crippen LogP contribution in [0, 0.1) is 0 Å². The van der Waals surface area contributed by atoms with Crippen molar-refractivity contribution in [2.75, 3.05) is 0 Å². The van der Waals surface area contributed by atoms with Crippen LogP contribution >= 0.6 is 0 Å². The monoisotopic (exact) mass is 369 g/mol. The van der Waals surface area contributed by atoms with Gasteiger partial charge in [0.05, 0.1) is 6.42 Å². The maximum absolute atomic E-state index is 12.8. The van der Waals surface area contributed by atoms with E-state index in [1.165, 1.54) is 0 Å². The van der Waals surface area contributed by atoms with Gasteiger partial charge in [0.2, 0.25) is 5.91 Å². The molecule has 0 bridgehead atoms. The number of hydrazine groups is 1. The van der Waals surface area contributed by atoms with Crippen LogP contribution in [0.1, 0.15) is 16.7 Å². The largest absolute Gasteiger partial charge is 0.361 e. The highest BCUT2D eigenvalue weighted by atomic mass is 16.2. The van der Waals surface area contributed by atoms with E-state index in [0.717, 1.165) is 27.6 Å². The average molecular weight is 369 g/mol. The normalized spacial score (nSPS) is 11.0. The third-order valence-electron chi connectivity index (χ3n) is 4.74. The van der Waals surface area contributed by atoms with E-state index in [1.54, 1.807) is 0 Å². The number of fused-ring (bicyclic) bond motifs is 1. The summed E-state index contributed by atoms with van der Waals surface area (Å²) in [5.41, 5.74) is 7.47. The minimum atomic E-state index is -0.0170. The number of nitrogens with one attached hydrogen (secondary N) is 2. The van der Waals surface area contributed by atoms with Crippen LogP contribution in [-0.4, -0.2) is 15.9 Å². The molecule has 0 radical (unpaired) electrons. The van der Waals surface area contributed by atoms with Gasteiger partial charge in [0.1, 0.15) is 0 Å². The number of carbonyl (C=O) groups is 1. The van der Waals surface area contributed by atoms with E-state index in [0.29, 0.717) is 19.5 Å². The number of nitrogens with zero attached hydrogens (tertiary/aromatic N) is 1. The Morgan fingerprint density at radius 2 is 1.36 bits per heavy atom. The van der Waals surface area contributed by atoms with Crippen LogP contribution in [0.3, 0.4) is 0 Å². The Bertz CT molecular complexity index is 1000. The molecule has 2 N–H and O–H groups in total. The minimum absolute atomic E-state index is 0.0170. The Labute approximate surface area is 164 Å². The van der Waals surface area contributed by atoms with Crippen molar-refractivity contribution in [1.29, 1.82) is 0 Å². The van der Waals surface area contributed by atoms with Crippen molar-refractivity contribution < 1.29 is 4.79 Å². The lowest BCUT2D eigenvalue weighted by Gasteiger charge is -2.23. The van der Waals surface area contributed by atoms with Gasteiger partial charge in [-0.3, -0.25) is 10.2 Å². The average Bonchev–Trinajstić information content (AvgIpc) is 3.12. The summed E-state index contributed by atoms with van der Waals surface area (Å²) in [6.45, 7) is 1.30. The van der Waals surface area contributed by atoms with Gasteiger partial charge in [-0.1, -0.05) is 78.9 Å². The van der Waals surface area contributed by atoms with Crippen molar-refractivity contribution in [1.82, 2.24) is 15.4 Å². The molecule has 1 heterocycles. The number of H-pyrrole nitrogens is 1. The lowest BCUT2D eigenvalue weighted by molar-refractivity contribution is -0.125. The predicted molar refractivity (Wildman–Crippen MR) is 112 cm³/mol. The Hall–Kier alpha value is -3.37. The number of rotatable bonds is 7. The maximum Gasteiger partial charge on any atom is 0.238 e. The first-order valence-electron chi connectivity index (χ1n) is 9.45. The molecule has 4 heteroatoms. The molecule has 0 unspecified atom stereocenters. The Morgan fingerprint density at radius 1 is 0.786 bits per heavy atom. The minimum Gasteiger partial charge on any atom is -0.361 e. The molecule has 4 nitrogen and oxygen atoms in total. The quantitative estimate of drug-likeness (QED) is 0.473. The van der Waals surface area contributed by atoms with E-state index in [4.69, 9.17) is 0 Å². The van der Waals surface area contributed by atoms with Gasteiger partial charge >= 0.3 is 0 Å². The Kier molecular flexibility index (Phi) is 5.50. The Morgan fingerprint density at radius 3 is 2.00 bits per heavy atom. The highest BCUT2D eigenvalue weighted by Gasteiger charge is 2.13. The molecule has 0 aliphatic heterocycles. The molecule has 0 aliphatic carbocycles. The summed E-state index contributed by atoms with van der Waals surface area (Å²) in [6.07, 6.45) is 2.26. The molecule has 1 aromatic heterocycles. The van der Waals surface area contributed by atoms with E-state index in [2.05, 4.69) is 34.7 Å². The van der Waals surface area contributed by atoms with Crippen molar-refractivity contribution >= 4 is 16.8 Å². The summed E-state index contributed by atoms with van der Waals surface area (Å²) in [5.74, 6) is -0.0170. The predicted octanol–water partition coefficient (Wildman–Crippen LogP) is 4.44. The fourth-order valence-corrected chi connectivity index (χ4v) is 3.41. The van der Waals surface area contributed by atoms with Crippen LogP contribution in [0.15, 0.2) is 91.1 Å². The van der Waals surface area contributed by atoms with Gasteiger partial charge in [-0.2, -0.15) is 0 Å². The molecule has 0 atom stereocenters. The van der Waals surface area contributed by atoms with Gasteiger partial charge in [-0.15, -0.1) is 0 Å². The molecule has 0 spiro atoms. The van der Waals surface area contributed by atoms with Crippen molar-refractivity contribution in [2.24, 2.45) is 0 Å². The van der Waals surface area contributed by atoms with Gasteiger partial charge in [0, 0.05) is 30.2 Å². The molecule has 0 aliphatic rings. The van der Waals surface area contributed by atoms with Crippen LogP contribution < -0.4 is 5.43 Å². The van der Waals surface area contributed by atoms with E-state index in [1.807, 2.05) is 71.9 Å². The van der Waals surface area contributed by atoms with E-state index >= 15 is 0 Å². The Balaban J connectivity index is 1.48. The third kappa shape index (κ3) is 4.48. The number of para-hydroxylation sites is 1. The molecular formula is C24H23N3O. The summed E-state index contributed by atoms with van der Waals surface area (Å²) in [7, 11) is 0. The molecule has 1 amide bonds. The molecule has 4 aromatic rings. The lowest BCUT2D eigenvalue weighted by atomic mass is 10.1. The molecule has 0 saturated carbocycles. The number of benzene rings is 3. The molecule has 4 rings (SSSR count). The molecule has 0 saturated heterocycles. The smallest absolute Gasteiger partial charge is 0.238 e. The van der Waals surface area contributed by atoms with Crippen LogP contribution in [0.4, 0.5) is 0 Å². The second kappa shape index (κ2) is 8.55. The lowest BCUT2D eigenvalue weighted by Crippen LogP contribution is -2.42. The highest BCUT2D eigenvalue weighted by Crippen LogP contribution is 2.18. The first-order chi connectivity index (χ1) is 13.8. The second-order valence-corrected chi connectivity index (χ2v) is 6.90. The number of aromatic amines is 1. The van der Waals surface area contributed by atoms with E-state index < -0.39 is 0 Å². The van der Waals surface area contributed by atoms with E-state index in [9.17, 15) is 4.79 Å². The van der Waals surface area contributed by atoms with Crippen LogP contribution in [0.5, 0.6) is 0 Å². The van der Waals surface area contributed by atoms with Crippen molar-refractivity contribution in [3.8, 4) is 0 Å². The van der Waals surface area contributed by atoms with E-state index in [-0.39, 0.29) is 5.91 Å². The topological polar surface area (TPSA) is 48.1 Å². The molecule has 3 aromatic carbocycles. The molecule has 0 fully saturated rings. The summed E-state index contributed by atoms with van der Waals surface area (Å²) >= 11 is 0. The fraction of sp³-hybridized carbons (Fsp3) is 0.125. The number of carbonyl (C=O) groups excluding carboxylic acids is 1. The van der Waals surface area contributed by atoms with Gasteiger partial charge in [-0.05, 0) is 22.8 Å². The second-order valence-electron chi connectivity index (χ2n) is 6.90. The van der Waals surface area contributed by atoms with Gasteiger partial charge in [-0.25, -0.2) is 5.01 Å². The standard InChI is InChI=1S/C24H23N3O/c28-24(15-21-16-25-23-14-8-7-13-22(21)23)26-27(17-19-9-3-1-4-10-19)18-20-11-5-2-6-12-20/h1-14,16,25H,15,17-18H2,(H,26,28). The first kappa shape index (κ1) is 18.0. The fourth-order valence-electron chi connectivity index (χ4n) is 3.41. The van der Waals surface area contributed by atoms with Crippen LogP contribution in [-0.2, 0) is 24.3 Å².